The van der Waals surface area contributed by atoms with E-state index in [0.717, 1.165) is 32.2 Å². The third-order valence-electron chi connectivity index (χ3n) is 5.51. The summed E-state index contributed by atoms with van der Waals surface area (Å²) in [5, 5.41) is 12.5. The maximum atomic E-state index is 11.2. The van der Waals surface area contributed by atoms with E-state index in [1.165, 1.54) is 83.5 Å². The Balaban J connectivity index is 3.28. The van der Waals surface area contributed by atoms with E-state index in [0.29, 0.717) is 6.54 Å². The smallest absolute Gasteiger partial charge is 0.307 e. The molecule has 0 radical (unpaired) electrons. The Bertz CT molecular complexity index is 354. The first-order chi connectivity index (χ1) is 13.7. The van der Waals surface area contributed by atoms with Gasteiger partial charge in [0.15, 0.2) is 0 Å². The van der Waals surface area contributed by atoms with Gasteiger partial charge in [-0.1, -0.05) is 96.6 Å². The van der Waals surface area contributed by atoms with Crippen LogP contribution in [0.1, 0.15) is 123 Å². The quantitative estimate of drug-likeness (QED) is 0.147. The van der Waals surface area contributed by atoms with Crippen molar-refractivity contribution in [2.75, 3.05) is 13.1 Å². The molecule has 1 atom stereocenters. The predicted octanol–water partition coefficient (Wildman–Crippen LogP) is 7.50. The number of hydrogen-bond acceptors (Lipinski definition) is 2. The largest absolute Gasteiger partial charge is 0.481 e. The summed E-state index contributed by atoms with van der Waals surface area (Å²) >= 11 is 0. The van der Waals surface area contributed by atoms with Crippen molar-refractivity contribution in [1.82, 2.24) is 5.32 Å². The molecule has 3 nitrogen and oxygen atoms in total. The van der Waals surface area contributed by atoms with Crippen LogP contribution in [0.4, 0.5) is 0 Å². The Labute approximate surface area is 175 Å². The lowest BCUT2D eigenvalue weighted by Crippen LogP contribution is -2.29. The molecule has 28 heavy (non-hydrogen) atoms. The average molecular weight is 396 g/mol. The maximum absolute atomic E-state index is 11.2. The lowest BCUT2D eigenvalue weighted by Gasteiger charge is -2.12. The van der Waals surface area contributed by atoms with Crippen molar-refractivity contribution in [3.8, 4) is 0 Å². The van der Waals surface area contributed by atoms with Crippen molar-refractivity contribution in [2.24, 2.45) is 5.92 Å². The standard InChI is InChI=1S/C25H49NO2/c1-3-5-7-8-9-10-11-12-13-14-15-16-17-18-19-20-22-26-23-24(25(27)28)21-6-4-2/h12-13,24,26H,3-11,14-23H2,1-2H3,(H,27,28)/b13-12-. The highest BCUT2D eigenvalue weighted by molar-refractivity contribution is 5.70. The van der Waals surface area contributed by atoms with E-state index in [1.54, 1.807) is 0 Å². The zero-order valence-corrected chi connectivity index (χ0v) is 19.0. The number of carboxylic acids is 1. The van der Waals surface area contributed by atoms with Gasteiger partial charge in [-0.2, -0.15) is 0 Å². The number of unbranched alkanes of at least 4 members (excludes halogenated alkanes) is 13. The number of carbonyl (C=O) groups is 1. The highest BCUT2D eigenvalue weighted by Crippen LogP contribution is 2.10. The first kappa shape index (κ1) is 27.2. The van der Waals surface area contributed by atoms with Gasteiger partial charge in [0, 0.05) is 6.54 Å². The minimum absolute atomic E-state index is 0.214. The highest BCUT2D eigenvalue weighted by Gasteiger charge is 2.15. The minimum atomic E-state index is -0.651. The number of nitrogens with one attached hydrogen (secondary N) is 1. The molecule has 0 aliphatic heterocycles. The number of allylic oxidation sites excluding steroid dienone is 2. The van der Waals surface area contributed by atoms with Gasteiger partial charge in [0.25, 0.3) is 0 Å². The molecule has 3 heteroatoms. The summed E-state index contributed by atoms with van der Waals surface area (Å²) in [7, 11) is 0. The molecule has 0 bridgehead atoms. The van der Waals surface area contributed by atoms with Gasteiger partial charge in [0.05, 0.1) is 5.92 Å². The van der Waals surface area contributed by atoms with Gasteiger partial charge in [-0.15, -0.1) is 0 Å². The number of aliphatic carboxylic acids is 1. The molecule has 0 saturated carbocycles. The average Bonchev–Trinajstić information content (AvgIpc) is 2.69. The van der Waals surface area contributed by atoms with Gasteiger partial charge in [0.1, 0.15) is 0 Å². The summed E-state index contributed by atoms with van der Waals surface area (Å²) < 4.78 is 0. The van der Waals surface area contributed by atoms with Crippen molar-refractivity contribution in [3.05, 3.63) is 12.2 Å². The summed E-state index contributed by atoms with van der Waals surface area (Å²) in [6.07, 6.45) is 26.2. The van der Waals surface area contributed by atoms with E-state index in [-0.39, 0.29) is 5.92 Å². The monoisotopic (exact) mass is 395 g/mol. The van der Waals surface area contributed by atoms with Crippen LogP contribution < -0.4 is 5.32 Å². The molecule has 0 fully saturated rings. The summed E-state index contributed by atoms with van der Waals surface area (Å²) in [4.78, 5) is 11.2. The molecule has 0 aromatic rings. The molecule has 0 aliphatic rings. The Morgan fingerprint density at radius 3 is 1.79 bits per heavy atom. The van der Waals surface area contributed by atoms with Crippen LogP contribution in [0, 0.1) is 5.92 Å². The second-order valence-corrected chi connectivity index (χ2v) is 8.32. The Morgan fingerprint density at radius 1 is 0.750 bits per heavy atom. The third kappa shape index (κ3) is 19.9. The molecule has 1 unspecified atom stereocenters. The van der Waals surface area contributed by atoms with Crippen LogP contribution in [0.5, 0.6) is 0 Å². The maximum Gasteiger partial charge on any atom is 0.307 e. The van der Waals surface area contributed by atoms with Crippen molar-refractivity contribution >= 4 is 5.97 Å². The molecule has 0 aromatic carbocycles. The highest BCUT2D eigenvalue weighted by atomic mass is 16.4. The van der Waals surface area contributed by atoms with Crippen LogP contribution in [0.2, 0.25) is 0 Å². The SMILES string of the molecule is CCCCCCCC/C=C\CCCCCCCCNCC(CCCC)C(=O)O. The molecule has 0 spiro atoms. The molecule has 0 saturated heterocycles. The second kappa shape index (κ2) is 22.5. The lowest BCUT2D eigenvalue weighted by molar-refractivity contribution is -0.141. The van der Waals surface area contributed by atoms with E-state index >= 15 is 0 Å². The Morgan fingerprint density at radius 2 is 1.25 bits per heavy atom. The lowest BCUT2D eigenvalue weighted by atomic mass is 10.0. The molecule has 166 valence electrons. The topological polar surface area (TPSA) is 49.3 Å². The normalized spacial score (nSPS) is 12.6. The van der Waals surface area contributed by atoms with Crippen LogP contribution in [0.15, 0.2) is 12.2 Å². The molecule has 0 heterocycles. The van der Waals surface area contributed by atoms with Crippen molar-refractivity contribution in [1.29, 1.82) is 0 Å². The number of hydrogen-bond donors (Lipinski definition) is 2. The van der Waals surface area contributed by atoms with Crippen LogP contribution in [-0.2, 0) is 4.79 Å². The van der Waals surface area contributed by atoms with Crippen molar-refractivity contribution in [2.45, 2.75) is 123 Å². The minimum Gasteiger partial charge on any atom is -0.481 e. The Kier molecular flexibility index (Phi) is 21.8. The fourth-order valence-electron chi connectivity index (χ4n) is 3.54. The third-order valence-corrected chi connectivity index (χ3v) is 5.51. The van der Waals surface area contributed by atoms with E-state index < -0.39 is 5.97 Å². The van der Waals surface area contributed by atoms with Crippen LogP contribution in [-0.4, -0.2) is 24.2 Å². The van der Waals surface area contributed by atoms with Crippen molar-refractivity contribution < 1.29 is 9.90 Å². The van der Waals surface area contributed by atoms with E-state index in [2.05, 4.69) is 31.3 Å². The number of rotatable bonds is 22. The van der Waals surface area contributed by atoms with Gasteiger partial charge >= 0.3 is 5.97 Å². The van der Waals surface area contributed by atoms with E-state index in [4.69, 9.17) is 0 Å². The van der Waals surface area contributed by atoms with Crippen LogP contribution in [0.25, 0.3) is 0 Å². The first-order valence-electron chi connectivity index (χ1n) is 12.3. The molecule has 0 aromatic heterocycles. The van der Waals surface area contributed by atoms with Crippen molar-refractivity contribution in [3.63, 3.8) is 0 Å². The molecular formula is C25H49NO2. The van der Waals surface area contributed by atoms with Gasteiger partial charge < -0.3 is 10.4 Å². The fourth-order valence-corrected chi connectivity index (χ4v) is 3.54. The first-order valence-corrected chi connectivity index (χ1v) is 12.3. The van der Waals surface area contributed by atoms with Gasteiger partial charge in [0.2, 0.25) is 0 Å². The predicted molar refractivity (Wildman–Crippen MR) is 123 cm³/mol. The van der Waals surface area contributed by atoms with E-state index in [1.807, 2.05) is 0 Å². The molecule has 0 aliphatic carbocycles. The molecule has 2 N–H and O–H groups in total. The second-order valence-electron chi connectivity index (χ2n) is 8.32. The number of carboxylic acid groups (broad SMARTS) is 1. The van der Waals surface area contributed by atoms with Gasteiger partial charge in [-0.25, -0.2) is 0 Å². The summed E-state index contributed by atoms with van der Waals surface area (Å²) in [6, 6.07) is 0. The van der Waals surface area contributed by atoms with Gasteiger partial charge in [-0.05, 0) is 45.1 Å². The molecular weight excluding hydrogens is 346 g/mol. The van der Waals surface area contributed by atoms with Crippen LogP contribution in [0.3, 0.4) is 0 Å². The zero-order chi connectivity index (χ0) is 20.7. The summed E-state index contributed by atoms with van der Waals surface area (Å²) in [5.74, 6) is -0.865. The molecule has 0 amide bonds. The summed E-state index contributed by atoms with van der Waals surface area (Å²) in [5.41, 5.74) is 0. The fraction of sp³-hybridized carbons (Fsp3) is 0.880. The Hall–Kier alpha value is -0.830. The van der Waals surface area contributed by atoms with Gasteiger partial charge in [-0.3, -0.25) is 4.79 Å². The summed E-state index contributed by atoms with van der Waals surface area (Å²) in [6.45, 7) is 5.96. The van der Waals surface area contributed by atoms with Crippen LogP contribution >= 0.6 is 0 Å². The zero-order valence-electron chi connectivity index (χ0n) is 19.0. The van der Waals surface area contributed by atoms with E-state index in [9.17, 15) is 9.90 Å². The molecule has 0 rings (SSSR count).